The molecule has 3 fully saturated rings. The van der Waals surface area contributed by atoms with Crippen molar-refractivity contribution in [1.29, 1.82) is 0 Å². The third kappa shape index (κ3) is 8.70. The molecule has 3 aliphatic rings. The molecule has 0 aromatic carbocycles. The van der Waals surface area contributed by atoms with Crippen LogP contribution in [0.5, 0.6) is 0 Å². The number of allylic oxidation sites excluding steroid dienone is 2. The van der Waals surface area contributed by atoms with E-state index in [0.29, 0.717) is 19.6 Å². The summed E-state index contributed by atoms with van der Waals surface area (Å²) in [7, 11) is 0. The van der Waals surface area contributed by atoms with Gasteiger partial charge < -0.3 is 29.0 Å². The van der Waals surface area contributed by atoms with Crippen molar-refractivity contribution in [1.82, 2.24) is 5.32 Å². The molecule has 8 heteroatoms. The van der Waals surface area contributed by atoms with Crippen LogP contribution in [0, 0.1) is 0 Å². The quantitative estimate of drug-likeness (QED) is 0.256. The maximum absolute atomic E-state index is 12.0. The zero-order chi connectivity index (χ0) is 24.1. The molecule has 3 saturated heterocycles. The molecule has 3 rings (SSSR count). The number of carbonyl (C=O) groups excluding carboxylic acids is 2. The number of esters is 1. The number of nitrogens with one attached hydrogen (secondary N) is 1. The zero-order valence-corrected chi connectivity index (χ0v) is 20.3. The van der Waals surface area contributed by atoms with Crippen molar-refractivity contribution >= 4 is 11.9 Å². The van der Waals surface area contributed by atoms with E-state index in [1.807, 2.05) is 6.92 Å². The molecule has 3 atom stereocenters. The lowest BCUT2D eigenvalue weighted by Gasteiger charge is -2.38. The van der Waals surface area contributed by atoms with Crippen molar-refractivity contribution in [2.24, 2.45) is 0 Å². The second kappa shape index (κ2) is 11.0. The first-order valence-corrected chi connectivity index (χ1v) is 11.6. The van der Waals surface area contributed by atoms with Crippen molar-refractivity contribution in [3.05, 3.63) is 36.0 Å². The minimum absolute atomic E-state index is 0.0144. The lowest BCUT2D eigenvalue weighted by atomic mass is 9.85. The van der Waals surface area contributed by atoms with Gasteiger partial charge in [-0.2, -0.15) is 0 Å². The standard InChI is InChI=1S/C25H37NO7/c1-17(6-9-21-12-25(16-31-25)15-24(4,5)33-21)7-11-23-29-13-20(14-30-23)26-22(28)10-8-18(2)32-19(3)27/h6-10,18,20-21,23H,11-16H2,1-5H3,(H,26,28)/b9-6+,10-8-,17-7+/t18-,20-,21+,23+,25+/m0/s1. The van der Waals surface area contributed by atoms with Crippen molar-refractivity contribution in [2.75, 3.05) is 19.8 Å². The average Bonchev–Trinajstić information content (AvgIpc) is 3.46. The highest BCUT2D eigenvalue weighted by molar-refractivity contribution is 5.87. The van der Waals surface area contributed by atoms with Crippen molar-refractivity contribution in [3.63, 3.8) is 0 Å². The summed E-state index contributed by atoms with van der Waals surface area (Å²) >= 11 is 0. The van der Waals surface area contributed by atoms with Crippen LogP contribution < -0.4 is 5.32 Å². The molecule has 1 spiro atoms. The minimum atomic E-state index is -0.458. The number of hydrogen-bond acceptors (Lipinski definition) is 7. The lowest BCUT2D eigenvalue weighted by molar-refractivity contribution is -0.187. The van der Waals surface area contributed by atoms with Gasteiger partial charge in [-0.3, -0.25) is 9.59 Å². The van der Waals surface area contributed by atoms with E-state index in [0.717, 1.165) is 25.0 Å². The SMILES string of the molecule is CC(=O)O[C@@H](C)/C=C\C(=O)N[C@H]1CO[C@@H](C/C=C(C)/C=C/[C@@H]2C[C@]3(CO3)CC(C)(C)O2)OC1. The fourth-order valence-corrected chi connectivity index (χ4v) is 4.28. The summed E-state index contributed by atoms with van der Waals surface area (Å²) in [6.07, 6.45) is 10.9. The molecule has 0 aromatic rings. The van der Waals surface area contributed by atoms with Crippen molar-refractivity contribution in [2.45, 2.75) is 89.6 Å². The van der Waals surface area contributed by atoms with E-state index >= 15 is 0 Å². The van der Waals surface area contributed by atoms with E-state index in [-0.39, 0.29) is 41.5 Å². The van der Waals surface area contributed by atoms with E-state index in [1.165, 1.54) is 19.1 Å². The molecular formula is C25H37NO7. The lowest BCUT2D eigenvalue weighted by Crippen LogP contribution is -2.46. The van der Waals surface area contributed by atoms with Crippen LogP contribution in [0.15, 0.2) is 36.0 Å². The molecule has 33 heavy (non-hydrogen) atoms. The van der Waals surface area contributed by atoms with E-state index in [2.05, 4.69) is 37.4 Å². The van der Waals surface area contributed by atoms with Gasteiger partial charge in [0.1, 0.15) is 6.10 Å². The minimum Gasteiger partial charge on any atom is -0.459 e. The van der Waals surface area contributed by atoms with E-state index in [1.54, 1.807) is 6.92 Å². The maximum atomic E-state index is 12.0. The highest BCUT2D eigenvalue weighted by atomic mass is 16.7. The Hall–Kier alpha value is -2.00. The van der Waals surface area contributed by atoms with Crippen LogP contribution in [0.3, 0.4) is 0 Å². The van der Waals surface area contributed by atoms with Gasteiger partial charge in [0.25, 0.3) is 0 Å². The highest BCUT2D eigenvalue weighted by Gasteiger charge is 2.53. The molecule has 0 aliphatic carbocycles. The second-order valence-electron chi connectivity index (χ2n) is 9.79. The predicted molar refractivity (Wildman–Crippen MR) is 122 cm³/mol. The van der Waals surface area contributed by atoms with Gasteiger partial charge in [0.05, 0.1) is 43.2 Å². The molecule has 0 bridgehead atoms. The van der Waals surface area contributed by atoms with Gasteiger partial charge in [0, 0.05) is 32.3 Å². The molecule has 0 aromatic heterocycles. The van der Waals surface area contributed by atoms with Gasteiger partial charge in [-0.1, -0.05) is 23.8 Å². The van der Waals surface area contributed by atoms with Crippen LogP contribution in [0.1, 0.15) is 53.9 Å². The highest BCUT2D eigenvalue weighted by Crippen LogP contribution is 2.46. The first-order valence-electron chi connectivity index (χ1n) is 11.6. The molecule has 0 saturated carbocycles. The van der Waals surface area contributed by atoms with E-state index in [9.17, 15) is 9.59 Å². The topological polar surface area (TPSA) is 95.6 Å². The Morgan fingerprint density at radius 2 is 1.88 bits per heavy atom. The van der Waals surface area contributed by atoms with Crippen LogP contribution in [0.25, 0.3) is 0 Å². The zero-order valence-electron chi connectivity index (χ0n) is 20.3. The fraction of sp³-hybridized carbons (Fsp3) is 0.680. The van der Waals surface area contributed by atoms with Crippen LogP contribution in [-0.2, 0) is 33.3 Å². The van der Waals surface area contributed by atoms with Crippen LogP contribution in [-0.4, -0.2) is 67.4 Å². The second-order valence-corrected chi connectivity index (χ2v) is 9.79. The Labute approximate surface area is 196 Å². The Morgan fingerprint density at radius 3 is 2.52 bits per heavy atom. The summed E-state index contributed by atoms with van der Waals surface area (Å²) < 4.78 is 28.3. The summed E-state index contributed by atoms with van der Waals surface area (Å²) in [4.78, 5) is 22.9. The molecular weight excluding hydrogens is 426 g/mol. The van der Waals surface area contributed by atoms with Crippen LogP contribution >= 0.6 is 0 Å². The van der Waals surface area contributed by atoms with Gasteiger partial charge in [0.15, 0.2) is 6.29 Å². The molecule has 0 unspecified atom stereocenters. The van der Waals surface area contributed by atoms with Gasteiger partial charge in [-0.05, 0) is 33.8 Å². The summed E-state index contributed by atoms with van der Waals surface area (Å²) in [5.74, 6) is -0.669. The monoisotopic (exact) mass is 463 g/mol. The Morgan fingerprint density at radius 1 is 1.18 bits per heavy atom. The number of amides is 1. The smallest absolute Gasteiger partial charge is 0.303 e. The number of hydrogen-bond donors (Lipinski definition) is 1. The molecule has 184 valence electrons. The Balaban J connectivity index is 1.36. The molecule has 8 nitrogen and oxygen atoms in total. The first kappa shape index (κ1) is 25.6. The van der Waals surface area contributed by atoms with Crippen molar-refractivity contribution in [3.8, 4) is 0 Å². The maximum Gasteiger partial charge on any atom is 0.303 e. The van der Waals surface area contributed by atoms with Crippen LogP contribution in [0.4, 0.5) is 0 Å². The number of carbonyl (C=O) groups is 2. The first-order chi connectivity index (χ1) is 15.5. The van der Waals surface area contributed by atoms with E-state index < -0.39 is 6.10 Å². The molecule has 0 radical (unpaired) electrons. The van der Waals surface area contributed by atoms with Gasteiger partial charge >= 0.3 is 5.97 Å². The van der Waals surface area contributed by atoms with Gasteiger partial charge in [0.2, 0.25) is 5.91 Å². The summed E-state index contributed by atoms with van der Waals surface area (Å²) in [5, 5.41) is 2.82. The van der Waals surface area contributed by atoms with Crippen molar-refractivity contribution < 1.29 is 33.3 Å². The molecule has 1 N–H and O–H groups in total. The van der Waals surface area contributed by atoms with Gasteiger partial charge in [-0.15, -0.1) is 0 Å². The summed E-state index contributed by atoms with van der Waals surface area (Å²) in [6, 6.07) is -0.226. The predicted octanol–water partition coefficient (Wildman–Crippen LogP) is 2.97. The molecule has 3 aliphatic heterocycles. The molecule has 3 heterocycles. The number of ether oxygens (including phenoxy) is 5. The molecule has 1 amide bonds. The summed E-state index contributed by atoms with van der Waals surface area (Å²) in [6.45, 7) is 10.9. The normalized spacial score (nSPS) is 32.8. The summed E-state index contributed by atoms with van der Waals surface area (Å²) in [5.41, 5.74) is 0.955. The van der Waals surface area contributed by atoms with Gasteiger partial charge in [-0.25, -0.2) is 0 Å². The Kier molecular flexibility index (Phi) is 8.50. The largest absolute Gasteiger partial charge is 0.459 e. The van der Waals surface area contributed by atoms with E-state index in [4.69, 9.17) is 23.7 Å². The third-order valence-electron chi connectivity index (χ3n) is 5.73. The third-order valence-corrected chi connectivity index (χ3v) is 5.73. The average molecular weight is 464 g/mol. The van der Waals surface area contributed by atoms with Crippen LogP contribution in [0.2, 0.25) is 0 Å². The number of epoxide rings is 1. The fourth-order valence-electron chi connectivity index (χ4n) is 4.28. The number of rotatable bonds is 8. The Bertz CT molecular complexity index is 783.